The number of fused-ring (bicyclic) bond motifs is 2. The average Bonchev–Trinajstić information content (AvgIpc) is 2.95. The van der Waals surface area contributed by atoms with E-state index >= 15 is 0 Å². The van der Waals surface area contributed by atoms with Gasteiger partial charge in [-0.05, 0) is 55.0 Å². The van der Waals surface area contributed by atoms with Crippen molar-refractivity contribution in [2.24, 2.45) is 0 Å². The standard InChI is InChI=1S/C18H21N/c1-2-10-16-14(6-1)7-3-11-17(16)18-12-4-8-15-9-5-13-19(15)18/h1-3,6-7,10-11,15,18H,4-5,8-9,12-13H2/t15-,18+/m1/s1. The molecule has 0 saturated carbocycles. The summed E-state index contributed by atoms with van der Waals surface area (Å²) in [6, 6.07) is 17.2. The first-order chi connectivity index (χ1) is 9.43. The smallest absolute Gasteiger partial charge is 0.0357 e. The predicted molar refractivity (Wildman–Crippen MR) is 80.3 cm³/mol. The molecule has 98 valence electrons. The van der Waals surface area contributed by atoms with Crippen LogP contribution in [-0.2, 0) is 0 Å². The fourth-order valence-corrected chi connectivity index (χ4v) is 4.17. The molecule has 0 spiro atoms. The maximum Gasteiger partial charge on any atom is 0.0357 e. The number of piperidine rings is 1. The molecule has 19 heavy (non-hydrogen) atoms. The molecule has 1 nitrogen and oxygen atoms in total. The summed E-state index contributed by atoms with van der Waals surface area (Å²) in [5.74, 6) is 0. The largest absolute Gasteiger partial charge is 0.293 e. The van der Waals surface area contributed by atoms with Crippen LogP contribution in [0.4, 0.5) is 0 Å². The second kappa shape index (κ2) is 4.64. The first-order valence-corrected chi connectivity index (χ1v) is 7.67. The molecule has 4 rings (SSSR count). The minimum absolute atomic E-state index is 0.660. The average molecular weight is 251 g/mol. The molecule has 2 heterocycles. The van der Waals surface area contributed by atoms with Gasteiger partial charge in [-0.25, -0.2) is 0 Å². The van der Waals surface area contributed by atoms with Crippen molar-refractivity contribution < 1.29 is 0 Å². The Bertz CT molecular complexity index is 584. The molecule has 1 heteroatoms. The van der Waals surface area contributed by atoms with E-state index in [1.807, 2.05) is 0 Å². The highest BCUT2D eigenvalue weighted by molar-refractivity contribution is 5.86. The van der Waals surface area contributed by atoms with E-state index in [4.69, 9.17) is 0 Å². The van der Waals surface area contributed by atoms with Crippen LogP contribution in [0.5, 0.6) is 0 Å². The van der Waals surface area contributed by atoms with Gasteiger partial charge in [0.25, 0.3) is 0 Å². The van der Waals surface area contributed by atoms with Gasteiger partial charge in [0.15, 0.2) is 0 Å². The van der Waals surface area contributed by atoms with Gasteiger partial charge in [-0.2, -0.15) is 0 Å². The van der Waals surface area contributed by atoms with Crippen LogP contribution in [-0.4, -0.2) is 17.5 Å². The third-order valence-corrected chi connectivity index (χ3v) is 5.02. The Hall–Kier alpha value is -1.34. The highest BCUT2D eigenvalue weighted by Crippen LogP contribution is 2.41. The van der Waals surface area contributed by atoms with Gasteiger partial charge in [-0.15, -0.1) is 0 Å². The van der Waals surface area contributed by atoms with Crippen LogP contribution >= 0.6 is 0 Å². The van der Waals surface area contributed by atoms with Crippen molar-refractivity contribution in [1.29, 1.82) is 0 Å². The molecule has 2 aromatic rings. The topological polar surface area (TPSA) is 3.24 Å². The zero-order valence-electron chi connectivity index (χ0n) is 11.4. The molecule has 0 amide bonds. The summed E-state index contributed by atoms with van der Waals surface area (Å²) in [5, 5.41) is 2.85. The lowest BCUT2D eigenvalue weighted by Crippen LogP contribution is -2.37. The lowest BCUT2D eigenvalue weighted by atomic mass is 9.89. The van der Waals surface area contributed by atoms with Crippen molar-refractivity contribution in [2.75, 3.05) is 6.54 Å². The van der Waals surface area contributed by atoms with Gasteiger partial charge < -0.3 is 0 Å². The van der Waals surface area contributed by atoms with Crippen molar-refractivity contribution in [3.8, 4) is 0 Å². The summed E-state index contributed by atoms with van der Waals surface area (Å²) in [5.41, 5.74) is 1.56. The second-order valence-corrected chi connectivity index (χ2v) is 6.05. The summed E-state index contributed by atoms with van der Waals surface area (Å²) in [7, 11) is 0. The Labute approximate surface area is 115 Å². The van der Waals surface area contributed by atoms with E-state index in [0.29, 0.717) is 6.04 Å². The number of nitrogens with zero attached hydrogens (tertiary/aromatic N) is 1. The summed E-state index contributed by atoms with van der Waals surface area (Å²) in [6.45, 7) is 1.30. The van der Waals surface area contributed by atoms with E-state index in [9.17, 15) is 0 Å². The summed E-state index contributed by atoms with van der Waals surface area (Å²) >= 11 is 0. The lowest BCUT2D eigenvalue weighted by molar-refractivity contribution is 0.124. The fourth-order valence-electron chi connectivity index (χ4n) is 4.17. The molecule has 2 fully saturated rings. The molecular formula is C18H21N. The van der Waals surface area contributed by atoms with Gasteiger partial charge in [-0.1, -0.05) is 42.5 Å². The van der Waals surface area contributed by atoms with Crippen molar-refractivity contribution in [3.63, 3.8) is 0 Å². The van der Waals surface area contributed by atoms with Crippen LogP contribution in [0.25, 0.3) is 10.8 Å². The van der Waals surface area contributed by atoms with Gasteiger partial charge >= 0.3 is 0 Å². The molecule has 0 aliphatic carbocycles. The zero-order chi connectivity index (χ0) is 12.7. The number of benzene rings is 2. The third kappa shape index (κ3) is 1.88. The molecule has 2 saturated heterocycles. The second-order valence-electron chi connectivity index (χ2n) is 6.05. The SMILES string of the molecule is c1ccc2c([C@@H]3CCC[C@@H]4CCCN43)cccc2c1. The summed E-state index contributed by atoms with van der Waals surface area (Å²) in [4.78, 5) is 2.78. The van der Waals surface area contributed by atoms with Gasteiger partial charge in [0.05, 0.1) is 0 Å². The Morgan fingerprint density at radius 2 is 1.68 bits per heavy atom. The first-order valence-electron chi connectivity index (χ1n) is 7.67. The molecule has 2 aliphatic rings. The Kier molecular flexibility index (Phi) is 2.81. The highest BCUT2D eigenvalue weighted by atomic mass is 15.2. The molecule has 0 radical (unpaired) electrons. The first kappa shape index (κ1) is 11.5. The predicted octanol–water partition coefficient (Wildman–Crippen LogP) is 4.53. The normalized spacial score (nSPS) is 27.6. The van der Waals surface area contributed by atoms with Crippen LogP contribution < -0.4 is 0 Å². The van der Waals surface area contributed by atoms with Gasteiger partial charge in [0.2, 0.25) is 0 Å². The van der Waals surface area contributed by atoms with Crippen LogP contribution in [0.2, 0.25) is 0 Å². The number of hydrogen-bond donors (Lipinski definition) is 0. The third-order valence-electron chi connectivity index (χ3n) is 5.02. The van der Waals surface area contributed by atoms with Crippen LogP contribution in [0.15, 0.2) is 42.5 Å². The maximum absolute atomic E-state index is 2.78. The Morgan fingerprint density at radius 3 is 2.68 bits per heavy atom. The van der Waals surface area contributed by atoms with Crippen LogP contribution in [0.1, 0.15) is 43.7 Å². The molecule has 0 N–H and O–H groups in total. The van der Waals surface area contributed by atoms with Crippen molar-refractivity contribution >= 4 is 10.8 Å². The fraction of sp³-hybridized carbons (Fsp3) is 0.444. The molecule has 2 aliphatic heterocycles. The van der Waals surface area contributed by atoms with Crippen LogP contribution in [0, 0.1) is 0 Å². The van der Waals surface area contributed by atoms with Gasteiger partial charge in [-0.3, -0.25) is 4.90 Å². The molecule has 0 bridgehead atoms. The van der Waals surface area contributed by atoms with E-state index < -0.39 is 0 Å². The minimum Gasteiger partial charge on any atom is -0.293 e. The van der Waals surface area contributed by atoms with E-state index in [2.05, 4.69) is 47.4 Å². The maximum atomic E-state index is 2.78. The Morgan fingerprint density at radius 1 is 0.842 bits per heavy atom. The van der Waals surface area contributed by atoms with Crippen molar-refractivity contribution in [1.82, 2.24) is 4.90 Å². The number of hydrogen-bond acceptors (Lipinski definition) is 1. The highest BCUT2D eigenvalue weighted by Gasteiger charge is 2.34. The summed E-state index contributed by atoms with van der Waals surface area (Å²) < 4.78 is 0. The lowest BCUT2D eigenvalue weighted by Gasteiger charge is -2.38. The van der Waals surface area contributed by atoms with E-state index in [-0.39, 0.29) is 0 Å². The molecule has 2 aromatic carbocycles. The van der Waals surface area contributed by atoms with Crippen molar-refractivity contribution in [2.45, 2.75) is 44.2 Å². The van der Waals surface area contributed by atoms with Gasteiger partial charge in [0, 0.05) is 12.1 Å². The monoisotopic (exact) mass is 251 g/mol. The Balaban J connectivity index is 1.81. The minimum atomic E-state index is 0.660. The number of rotatable bonds is 1. The van der Waals surface area contributed by atoms with E-state index in [1.165, 1.54) is 49.4 Å². The molecule has 0 aromatic heterocycles. The van der Waals surface area contributed by atoms with Crippen molar-refractivity contribution in [3.05, 3.63) is 48.0 Å². The van der Waals surface area contributed by atoms with Crippen LogP contribution in [0.3, 0.4) is 0 Å². The zero-order valence-corrected chi connectivity index (χ0v) is 11.4. The van der Waals surface area contributed by atoms with E-state index in [1.54, 1.807) is 5.56 Å². The summed E-state index contributed by atoms with van der Waals surface area (Å²) in [6.07, 6.45) is 6.97. The quantitative estimate of drug-likeness (QED) is 0.719. The molecule has 0 unspecified atom stereocenters. The van der Waals surface area contributed by atoms with E-state index in [0.717, 1.165) is 6.04 Å². The molecular weight excluding hydrogens is 230 g/mol. The van der Waals surface area contributed by atoms with Gasteiger partial charge in [0.1, 0.15) is 0 Å². The molecule has 2 atom stereocenters.